The third-order valence-electron chi connectivity index (χ3n) is 3.71. The van der Waals surface area contributed by atoms with Gasteiger partial charge in [0.15, 0.2) is 0 Å². The summed E-state index contributed by atoms with van der Waals surface area (Å²) in [6, 6.07) is 5.05. The Balaban J connectivity index is 2.07. The Morgan fingerprint density at radius 1 is 1.53 bits per heavy atom. The molecule has 1 aliphatic carbocycles. The van der Waals surface area contributed by atoms with Crippen LogP contribution in [0.5, 0.6) is 0 Å². The summed E-state index contributed by atoms with van der Waals surface area (Å²) in [6.07, 6.45) is 4.08. The fourth-order valence-corrected chi connectivity index (χ4v) is 5.37. The van der Waals surface area contributed by atoms with Crippen LogP contribution in [0.2, 0.25) is 0 Å². The van der Waals surface area contributed by atoms with E-state index in [-0.39, 0.29) is 0 Å². The first kappa shape index (κ1) is 13.4. The van der Waals surface area contributed by atoms with E-state index in [4.69, 9.17) is 0 Å². The Kier molecular flexibility index (Phi) is 4.56. The van der Waals surface area contributed by atoms with Gasteiger partial charge in [-0.2, -0.15) is 0 Å². The van der Waals surface area contributed by atoms with E-state index in [9.17, 15) is 0 Å². The highest BCUT2D eigenvalue weighted by Gasteiger charge is 2.38. The van der Waals surface area contributed by atoms with Crippen LogP contribution in [0.3, 0.4) is 0 Å². The summed E-state index contributed by atoms with van der Waals surface area (Å²) in [4.78, 5) is 0. The highest BCUT2D eigenvalue weighted by Crippen LogP contribution is 2.43. The van der Waals surface area contributed by atoms with E-state index in [1.54, 1.807) is 0 Å². The first-order valence-electron chi connectivity index (χ1n) is 6.57. The summed E-state index contributed by atoms with van der Waals surface area (Å²) in [5.41, 5.74) is 0.434. The standard InChI is InChI=1S/C14H23NS2/c1-4-15-13-11(7-5-9-14(13,2)3)17-12-8-6-10-16-12/h6,8,10-11,13,15H,4-5,7,9H2,1-3H3. The van der Waals surface area contributed by atoms with E-state index in [0.717, 1.165) is 11.8 Å². The molecule has 1 N–H and O–H groups in total. The lowest BCUT2D eigenvalue weighted by Gasteiger charge is -2.44. The van der Waals surface area contributed by atoms with Crippen molar-refractivity contribution in [1.29, 1.82) is 0 Å². The highest BCUT2D eigenvalue weighted by molar-refractivity contribution is 8.01. The molecule has 3 heteroatoms. The van der Waals surface area contributed by atoms with Crippen LogP contribution in [-0.4, -0.2) is 17.8 Å². The Morgan fingerprint density at radius 3 is 3.00 bits per heavy atom. The van der Waals surface area contributed by atoms with E-state index in [1.165, 1.54) is 23.5 Å². The van der Waals surface area contributed by atoms with Crippen LogP contribution in [0, 0.1) is 5.41 Å². The van der Waals surface area contributed by atoms with Crippen LogP contribution in [0.15, 0.2) is 21.7 Å². The van der Waals surface area contributed by atoms with Crippen molar-refractivity contribution in [3.63, 3.8) is 0 Å². The van der Waals surface area contributed by atoms with Crippen LogP contribution < -0.4 is 5.32 Å². The molecule has 0 saturated heterocycles. The van der Waals surface area contributed by atoms with Crippen molar-refractivity contribution in [3.05, 3.63) is 17.5 Å². The zero-order valence-electron chi connectivity index (χ0n) is 11.0. The quantitative estimate of drug-likeness (QED) is 0.869. The normalized spacial score (nSPS) is 28.2. The van der Waals surface area contributed by atoms with Gasteiger partial charge in [0.25, 0.3) is 0 Å². The van der Waals surface area contributed by atoms with Gasteiger partial charge in [-0.25, -0.2) is 0 Å². The van der Waals surface area contributed by atoms with Crippen molar-refractivity contribution < 1.29 is 0 Å². The van der Waals surface area contributed by atoms with Crippen molar-refractivity contribution in [2.24, 2.45) is 5.41 Å². The number of nitrogens with one attached hydrogen (secondary N) is 1. The molecule has 2 rings (SSSR count). The summed E-state index contributed by atoms with van der Waals surface area (Å²) >= 11 is 3.95. The minimum atomic E-state index is 0.434. The third kappa shape index (κ3) is 3.27. The number of hydrogen-bond acceptors (Lipinski definition) is 3. The fourth-order valence-electron chi connectivity index (χ4n) is 2.82. The largest absolute Gasteiger partial charge is 0.313 e. The molecule has 17 heavy (non-hydrogen) atoms. The Bertz CT molecular complexity index is 332. The first-order chi connectivity index (χ1) is 8.13. The summed E-state index contributed by atoms with van der Waals surface area (Å²) in [7, 11) is 0. The van der Waals surface area contributed by atoms with Gasteiger partial charge in [0.1, 0.15) is 0 Å². The van der Waals surface area contributed by atoms with Gasteiger partial charge in [-0.1, -0.05) is 33.3 Å². The molecule has 0 bridgehead atoms. The predicted octanol–water partition coefficient (Wildman–Crippen LogP) is 4.40. The van der Waals surface area contributed by atoms with E-state index < -0.39 is 0 Å². The summed E-state index contributed by atoms with van der Waals surface area (Å²) in [6.45, 7) is 8.14. The van der Waals surface area contributed by atoms with Crippen molar-refractivity contribution in [1.82, 2.24) is 5.32 Å². The van der Waals surface area contributed by atoms with Gasteiger partial charge in [0, 0.05) is 11.3 Å². The second-order valence-electron chi connectivity index (χ2n) is 5.50. The monoisotopic (exact) mass is 269 g/mol. The molecule has 1 aromatic heterocycles. The molecule has 2 unspecified atom stereocenters. The van der Waals surface area contributed by atoms with Gasteiger partial charge >= 0.3 is 0 Å². The van der Waals surface area contributed by atoms with Crippen molar-refractivity contribution >= 4 is 23.1 Å². The van der Waals surface area contributed by atoms with Gasteiger partial charge in [0.2, 0.25) is 0 Å². The molecule has 2 atom stereocenters. The molecule has 0 amide bonds. The van der Waals surface area contributed by atoms with Gasteiger partial charge in [-0.3, -0.25) is 0 Å². The maximum absolute atomic E-state index is 3.72. The molecule has 1 fully saturated rings. The number of hydrogen-bond donors (Lipinski definition) is 1. The topological polar surface area (TPSA) is 12.0 Å². The maximum atomic E-state index is 3.72. The Labute approximate surface area is 113 Å². The van der Waals surface area contributed by atoms with Crippen molar-refractivity contribution in [2.75, 3.05) is 6.54 Å². The van der Waals surface area contributed by atoms with Gasteiger partial charge in [-0.15, -0.1) is 23.1 Å². The van der Waals surface area contributed by atoms with Crippen LogP contribution in [0.1, 0.15) is 40.0 Å². The molecule has 0 aromatic carbocycles. The molecular weight excluding hydrogens is 246 g/mol. The zero-order valence-corrected chi connectivity index (χ0v) is 12.7. The minimum absolute atomic E-state index is 0.434. The minimum Gasteiger partial charge on any atom is -0.313 e. The molecule has 0 radical (unpaired) electrons. The summed E-state index contributed by atoms with van der Waals surface area (Å²) in [5, 5.41) is 6.63. The van der Waals surface area contributed by atoms with E-state index >= 15 is 0 Å². The lowest BCUT2D eigenvalue weighted by Crippen LogP contribution is -2.51. The Hall–Kier alpha value is 0.01000. The molecule has 1 aromatic rings. The van der Waals surface area contributed by atoms with Crippen LogP contribution >= 0.6 is 23.1 Å². The number of thioether (sulfide) groups is 1. The molecule has 1 nitrogen and oxygen atoms in total. The van der Waals surface area contributed by atoms with E-state index in [0.29, 0.717) is 11.5 Å². The second-order valence-corrected chi connectivity index (χ2v) is 7.99. The lowest BCUT2D eigenvalue weighted by atomic mass is 9.73. The third-order valence-corrected chi connectivity index (χ3v) is 6.13. The van der Waals surface area contributed by atoms with E-state index in [1.807, 2.05) is 11.3 Å². The average Bonchev–Trinajstić information content (AvgIpc) is 2.75. The van der Waals surface area contributed by atoms with Crippen molar-refractivity contribution in [2.45, 2.75) is 55.5 Å². The smallest absolute Gasteiger partial charge is 0.0601 e. The van der Waals surface area contributed by atoms with Crippen LogP contribution in [0.25, 0.3) is 0 Å². The summed E-state index contributed by atoms with van der Waals surface area (Å²) in [5.74, 6) is 0. The van der Waals surface area contributed by atoms with Crippen molar-refractivity contribution in [3.8, 4) is 0 Å². The van der Waals surface area contributed by atoms with Gasteiger partial charge in [0.05, 0.1) is 4.21 Å². The van der Waals surface area contributed by atoms with Gasteiger partial charge < -0.3 is 5.32 Å². The fraction of sp³-hybridized carbons (Fsp3) is 0.714. The predicted molar refractivity (Wildman–Crippen MR) is 79.1 cm³/mol. The molecule has 0 spiro atoms. The average molecular weight is 269 g/mol. The summed E-state index contributed by atoms with van der Waals surface area (Å²) < 4.78 is 1.47. The molecule has 96 valence electrons. The molecule has 0 aliphatic heterocycles. The van der Waals surface area contributed by atoms with E-state index in [2.05, 4.69) is 55.4 Å². The second kappa shape index (κ2) is 5.77. The first-order valence-corrected chi connectivity index (χ1v) is 8.33. The van der Waals surface area contributed by atoms with Crippen LogP contribution in [-0.2, 0) is 0 Å². The SMILES string of the molecule is CCNC1C(Sc2cccs2)CCCC1(C)C. The lowest BCUT2D eigenvalue weighted by molar-refractivity contribution is 0.176. The molecule has 1 aliphatic rings. The highest BCUT2D eigenvalue weighted by atomic mass is 32.2. The maximum Gasteiger partial charge on any atom is 0.0601 e. The van der Waals surface area contributed by atoms with Crippen LogP contribution in [0.4, 0.5) is 0 Å². The number of rotatable bonds is 4. The molecule has 1 heterocycles. The zero-order chi connectivity index (χ0) is 12.3. The number of thiophene rings is 1. The Morgan fingerprint density at radius 2 is 2.35 bits per heavy atom. The molecular formula is C14H23NS2. The van der Waals surface area contributed by atoms with Gasteiger partial charge in [-0.05, 0) is 36.2 Å². The molecule has 1 saturated carbocycles.